The van der Waals surface area contributed by atoms with Crippen LogP contribution in [-0.4, -0.2) is 34.3 Å². The molecule has 0 aliphatic heterocycles. The molecule has 0 amide bonds. The Balaban J connectivity index is 1.71. The number of aromatic nitrogens is 7. The smallest absolute Gasteiger partial charge is 0.322 e. The van der Waals surface area contributed by atoms with Gasteiger partial charge in [-0.1, -0.05) is 6.07 Å². The van der Waals surface area contributed by atoms with Gasteiger partial charge in [0.05, 0.1) is 18.3 Å². The number of rotatable bonds is 3. The molecule has 0 saturated heterocycles. The van der Waals surface area contributed by atoms with Crippen molar-refractivity contribution in [3.05, 3.63) is 54.5 Å². The predicted octanol–water partition coefficient (Wildman–Crippen LogP) is 2.38. The van der Waals surface area contributed by atoms with Crippen molar-refractivity contribution in [2.24, 2.45) is 0 Å². The zero-order chi connectivity index (χ0) is 16.7. The molecule has 0 bridgehead atoms. The first-order valence-electron chi connectivity index (χ1n) is 6.95. The summed E-state index contributed by atoms with van der Waals surface area (Å²) in [6.45, 7) is 0.0794. The second-order valence-electron chi connectivity index (χ2n) is 5.06. The molecule has 0 radical (unpaired) electrons. The Morgan fingerprint density at radius 1 is 1.12 bits per heavy atom. The van der Waals surface area contributed by atoms with E-state index in [9.17, 15) is 13.2 Å². The van der Waals surface area contributed by atoms with Gasteiger partial charge in [-0.3, -0.25) is 5.10 Å². The Bertz CT molecular complexity index is 995. The summed E-state index contributed by atoms with van der Waals surface area (Å²) in [4.78, 5) is 7.77. The van der Waals surface area contributed by atoms with E-state index in [0.29, 0.717) is 5.82 Å². The van der Waals surface area contributed by atoms with Crippen molar-refractivity contribution in [3.8, 4) is 11.5 Å². The fourth-order valence-corrected chi connectivity index (χ4v) is 2.44. The van der Waals surface area contributed by atoms with E-state index in [1.165, 1.54) is 0 Å². The van der Waals surface area contributed by atoms with E-state index in [0.717, 1.165) is 11.2 Å². The molecule has 7 nitrogen and oxygen atoms in total. The largest absolute Gasteiger partial charge is 0.453 e. The molecule has 122 valence electrons. The summed E-state index contributed by atoms with van der Waals surface area (Å²) < 4.78 is 41.1. The van der Waals surface area contributed by atoms with Crippen molar-refractivity contribution in [2.45, 2.75) is 12.7 Å². The lowest BCUT2D eigenvalue weighted by Gasteiger charge is -2.07. The second kappa shape index (κ2) is 5.18. The number of halogens is 3. The molecule has 4 aromatic rings. The van der Waals surface area contributed by atoms with Gasteiger partial charge in [0, 0.05) is 12.4 Å². The van der Waals surface area contributed by atoms with E-state index in [4.69, 9.17) is 0 Å². The first-order valence-corrected chi connectivity index (χ1v) is 6.95. The van der Waals surface area contributed by atoms with Crippen LogP contribution in [0.5, 0.6) is 0 Å². The number of nitrogens with zero attached hydrogens (tertiary/aromatic N) is 6. The van der Waals surface area contributed by atoms with Crippen molar-refractivity contribution < 1.29 is 13.2 Å². The molecular weight excluding hydrogens is 323 g/mol. The summed E-state index contributed by atoms with van der Waals surface area (Å²) in [5, 5.41) is 9.75. The standard InChI is InChI=1S/C14H10F3N7/c15-14(16,17)13-20-11(21-22-13)8-23-7-6-18-12(23)10-3-1-2-9-4-5-19-24(9)10/h1-7H,8H2,(H,20,21,22). The van der Waals surface area contributed by atoms with Crippen LogP contribution in [0.1, 0.15) is 11.6 Å². The molecule has 4 aromatic heterocycles. The first-order chi connectivity index (χ1) is 11.5. The van der Waals surface area contributed by atoms with Crippen LogP contribution >= 0.6 is 0 Å². The molecule has 0 aliphatic carbocycles. The third-order valence-corrected chi connectivity index (χ3v) is 3.47. The topological polar surface area (TPSA) is 76.7 Å². The van der Waals surface area contributed by atoms with Crippen LogP contribution in [0.25, 0.3) is 17.0 Å². The number of aromatic amines is 1. The van der Waals surface area contributed by atoms with Gasteiger partial charge >= 0.3 is 6.18 Å². The quantitative estimate of drug-likeness (QED) is 0.624. The van der Waals surface area contributed by atoms with Gasteiger partial charge in [0.15, 0.2) is 5.82 Å². The highest BCUT2D eigenvalue weighted by Crippen LogP contribution is 2.26. The Kier molecular flexibility index (Phi) is 3.12. The van der Waals surface area contributed by atoms with E-state index in [-0.39, 0.29) is 12.4 Å². The van der Waals surface area contributed by atoms with Gasteiger partial charge in [-0.2, -0.15) is 18.3 Å². The molecule has 4 rings (SSSR count). The van der Waals surface area contributed by atoms with Gasteiger partial charge in [-0.25, -0.2) is 14.5 Å². The molecular formula is C14H10F3N7. The van der Waals surface area contributed by atoms with Crippen molar-refractivity contribution in [2.75, 3.05) is 0 Å². The Morgan fingerprint density at radius 3 is 2.79 bits per heavy atom. The lowest BCUT2D eigenvalue weighted by molar-refractivity contribution is -0.144. The van der Waals surface area contributed by atoms with Crippen LogP contribution in [0.4, 0.5) is 13.2 Å². The first kappa shape index (κ1) is 14.4. The van der Waals surface area contributed by atoms with Crippen LogP contribution in [0.2, 0.25) is 0 Å². The van der Waals surface area contributed by atoms with E-state index >= 15 is 0 Å². The Hall–Kier alpha value is -3.17. The van der Waals surface area contributed by atoms with Crippen molar-refractivity contribution in [1.82, 2.24) is 34.3 Å². The number of hydrogen-bond acceptors (Lipinski definition) is 4. The molecule has 1 N–H and O–H groups in total. The van der Waals surface area contributed by atoms with Crippen molar-refractivity contribution in [1.29, 1.82) is 0 Å². The summed E-state index contributed by atoms with van der Waals surface area (Å²) in [5.41, 5.74) is 1.61. The molecule has 0 fully saturated rings. The molecule has 0 saturated carbocycles. The zero-order valence-corrected chi connectivity index (χ0v) is 12.1. The number of hydrogen-bond donors (Lipinski definition) is 1. The maximum absolute atomic E-state index is 12.6. The third-order valence-electron chi connectivity index (χ3n) is 3.47. The van der Waals surface area contributed by atoms with Crippen LogP contribution < -0.4 is 0 Å². The number of fused-ring (bicyclic) bond motifs is 1. The number of nitrogens with one attached hydrogen (secondary N) is 1. The maximum Gasteiger partial charge on any atom is 0.453 e. The van der Waals surface area contributed by atoms with Gasteiger partial charge < -0.3 is 4.57 Å². The highest BCUT2D eigenvalue weighted by atomic mass is 19.4. The zero-order valence-electron chi connectivity index (χ0n) is 12.1. The predicted molar refractivity (Wildman–Crippen MR) is 76.9 cm³/mol. The second-order valence-corrected chi connectivity index (χ2v) is 5.06. The van der Waals surface area contributed by atoms with Gasteiger partial charge in [0.25, 0.3) is 5.82 Å². The van der Waals surface area contributed by atoms with Crippen LogP contribution in [0, 0.1) is 0 Å². The van der Waals surface area contributed by atoms with Crippen molar-refractivity contribution in [3.63, 3.8) is 0 Å². The number of imidazole rings is 1. The summed E-state index contributed by atoms with van der Waals surface area (Å²) in [6, 6.07) is 7.45. The molecule has 0 unspecified atom stereocenters. The molecule has 0 atom stereocenters. The van der Waals surface area contributed by atoms with Crippen molar-refractivity contribution >= 4 is 5.52 Å². The average Bonchev–Trinajstić information content (AvgIpc) is 3.26. The van der Waals surface area contributed by atoms with Crippen LogP contribution in [0.3, 0.4) is 0 Å². The van der Waals surface area contributed by atoms with Gasteiger partial charge in [-0.05, 0) is 18.2 Å². The summed E-state index contributed by atoms with van der Waals surface area (Å²) >= 11 is 0. The fraction of sp³-hybridized carbons (Fsp3) is 0.143. The van der Waals surface area contributed by atoms with Gasteiger partial charge in [0.1, 0.15) is 11.5 Å². The minimum atomic E-state index is -4.58. The molecule has 0 aliphatic rings. The normalized spacial score (nSPS) is 12.1. The monoisotopic (exact) mass is 333 g/mol. The maximum atomic E-state index is 12.6. The van der Waals surface area contributed by atoms with E-state index < -0.39 is 12.0 Å². The molecule has 0 aromatic carbocycles. The summed E-state index contributed by atoms with van der Waals surface area (Å²) in [5.74, 6) is -0.531. The Labute approximate surface area is 132 Å². The van der Waals surface area contributed by atoms with Gasteiger partial charge in [0.2, 0.25) is 0 Å². The van der Waals surface area contributed by atoms with Crippen LogP contribution in [0.15, 0.2) is 42.9 Å². The Morgan fingerprint density at radius 2 is 2.00 bits per heavy atom. The third kappa shape index (κ3) is 2.41. The molecule has 24 heavy (non-hydrogen) atoms. The van der Waals surface area contributed by atoms with E-state index in [1.807, 2.05) is 24.3 Å². The number of alkyl halides is 3. The van der Waals surface area contributed by atoms with E-state index in [1.54, 1.807) is 27.7 Å². The minimum absolute atomic E-state index is 0.0794. The summed E-state index contributed by atoms with van der Waals surface area (Å²) in [7, 11) is 0. The van der Waals surface area contributed by atoms with E-state index in [2.05, 4.69) is 25.3 Å². The highest BCUT2D eigenvalue weighted by molar-refractivity contribution is 5.58. The number of H-pyrrole nitrogens is 1. The lowest BCUT2D eigenvalue weighted by atomic mass is 10.3. The molecule has 0 spiro atoms. The minimum Gasteiger partial charge on any atom is -0.322 e. The fourth-order valence-electron chi connectivity index (χ4n) is 2.44. The SMILES string of the molecule is FC(F)(F)c1n[nH]c(Cn2ccnc2-c2cccc3ccnn23)n1. The number of pyridine rings is 1. The average molecular weight is 333 g/mol. The highest BCUT2D eigenvalue weighted by Gasteiger charge is 2.36. The van der Waals surface area contributed by atoms with Gasteiger partial charge in [-0.15, -0.1) is 5.10 Å². The molecule has 10 heteroatoms. The molecule has 4 heterocycles. The summed E-state index contributed by atoms with van der Waals surface area (Å²) in [6.07, 6.45) is 0.317. The lowest BCUT2D eigenvalue weighted by Crippen LogP contribution is -2.08. The van der Waals surface area contributed by atoms with Crippen LogP contribution in [-0.2, 0) is 12.7 Å².